The molecule has 3 aromatic rings. The van der Waals surface area contributed by atoms with Crippen LogP contribution in [0.3, 0.4) is 0 Å². The summed E-state index contributed by atoms with van der Waals surface area (Å²) in [4.78, 5) is 6.52. The standard InChI is InChI=1S/C13H11N2OS3.H2O/c16-12(10-3-1-5-17-10)14-7-9-8-19-13(15-9)11-4-2-6-18-11;/h1-6,8,12,14H,7H2;1H2/q-1;/p-1. The van der Waals surface area contributed by atoms with Gasteiger partial charge in [-0.15, -0.1) is 34.0 Å². The van der Waals surface area contributed by atoms with Gasteiger partial charge in [0.25, 0.3) is 0 Å². The van der Waals surface area contributed by atoms with Crippen molar-refractivity contribution in [3.05, 3.63) is 51.0 Å². The lowest BCUT2D eigenvalue weighted by atomic mass is 10.4. The average molecular weight is 324 g/mol. The number of aromatic nitrogens is 1. The quantitative estimate of drug-likeness (QED) is 0.732. The SMILES string of the molecule is [O-]C(NCc1csc(-c2cccs2)n1)c1cccs1.[OH-]. The zero-order valence-electron chi connectivity index (χ0n) is 10.4. The third kappa shape index (κ3) is 3.51. The molecule has 0 aliphatic carbocycles. The minimum absolute atomic E-state index is 0. The van der Waals surface area contributed by atoms with Crippen LogP contribution in [0.4, 0.5) is 0 Å². The van der Waals surface area contributed by atoms with Crippen molar-refractivity contribution in [3.8, 4) is 9.88 Å². The summed E-state index contributed by atoms with van der Waals surface area (Å²) in [6.07, 6.45) is -0.869. The molecule has 0 bridgehead atoms. The zero-order valence-corrected chi connectivity index (χ0v) is 12.8. The zero-order chi connectivity index (χ0) is 13.1. The van der Waals surface area contributed by atoms with E-state index in [0.29, 0.717) is 6.54 Å². The molecule has 0 spiro atoms. The van der Waals surface area contributed by atoms with Crippen molar-refractivity contribution < 1.29 is 10.6 Å². The van der Waals surface area contributed by atoms with Crippen molar-refractivity contribution in [2.24, 2.45) is 0 Å². The summed E-state index contributed by atoms with van der Waals surface area (Å²) >= 11 is 4.77. The lowest BCUT2D eigenvalue weighted by molar-refractivity contribution is -0.435. The summed E-state index contributed by atoms with van der Waals surface area (Å²) in [7, 11) is 0. The smallest absolute Gasteiger partial charge is 0.133 e. The Balaban J connectivity index is 0.00000147. The van der Waals surface area contributed by atoms with Gasteiger partial charge in [0.15, 0.2) is 0 Å². The lowest BCUT2D eigenvalue weighted by Gasteiger charge is -2.21. The van der Waals surface area contributed by atoms with Gasteiger partial charge in [-0.3, -0.25) is 0 Å². The molecule has 0 aliphatic heterocycles. The van der Waals surface area contributed by atoms with E-state index in [-0.39, 0.29) is 5.48 Å². The van der Waals surface area contributed by atoms with E-state index in [1.54, 1.807) is 22.7 Å². The Morgan fingerprint density at radius 1 is 1.15 bits per heavy atom. The van der Waals surface area contributed by atoms with Crippen LogP contribution in [-0.2, 0) is 6.54 Å². The van der Waals surface area contributed by atoms with E-state index in [1.165, 1.54) is 16.2 Å². The summed E-state index contributed by atoms with van der Waals surface area (Å²) in [5.41, 5.74) is 0.922. The Kier molecular flexibility index (Phi) is 5.41. The number of thiophene rings is 2. The highest BCUT2D eigenvalue weighted by Gasteiger charge is 2.06. The topological polar surface area (TPSA) is 78.0 Å². The van der Waals surface area contributed by atoms with E-state index < -0.39 is 6.23 Å². The van der Waals surface area contributed by atoms with Gasteiger partial charge in [-0.2, -0.15) is 0 Å². The number of thiazole rings is 1. The van der Waals surface area contributed by atoms with Gasteiger partial charge in [0, 0.05) is 16.8 Å². The maximum atomic E-state index is 11.9. The number of rotatable bonds is 5. The third-order valence-electron chi connectivity index (χ3n) is 2.55. The monoisotopic (exact) mass is 324 g/mol. The van der Waals surface area contributed by atoms with Gasteiger partial charge in [0.2, 0.25) is 0 Å². The Morgan fingerprint density at radius 3 is 2.65 bits per heavy atom. The molecule has 0 fully saturated rings. The van der Waals surface area contributed by atoms with Crippen LogP contribution >= 0.6 is 34.0 Å². The predicted molar refractivity (Wildman–Crippen MR) is 81.3 cm³/mol. The van der Waals surface area contributed by atoms with Gasteiger partial charge >= 0.3 is 0 Å². The van der Waals surface area contributed by atoms with Crippen molar-refractivity contribution in [2.45, 2.75) is 12.8 Å². The molecule has 2 N–H and O–H groups in total. The van der Waals surface area contributed by atoms with Gasteiger partial charge in [-0.05, 0) is 29.1 Å². The van der Waals surface area contributed by atoms with Gasteiger partial charge < -0.3 is 15.9 Å². The van der Waals surface area contributed by atoms with E-state index in [9.17, 15) is 5.11 Å². The minimum Gasteiger partial charge on any atom is -0.870 e. The fraction of sp³-hybridized carbons (Fsp3) is 0.154. The first kappa shape index (κ1) is 15.3. The van der Waals surface area contributed by atoms with Gasteiger partial charge in [0.05, 0.1) is 10.6 Å². The second-order valence-electron chi connectivity index (χ2n) is 3.90. The van der Waals surface area contributed by atoms with E-state index >= 15 is 0 Å². The molecule has 0 saturated heterocycles. The molecule has 1 atom stereocenters. The van der Waals surface area contributed by atoms with Crippen LogP contribution in [0.5, 0.6) is 0 Å². The highest BCUT2D eigenvalue weighted by Crippen LogP contribution is 2.27. The van der Waals surface area contributed by atoms with E-state index in [1.807, 2.05) is 34.3 Å². The number of hydrogen-bond donors (Lipinski definition) is 1. The van der Waals surface area contributed by atoms with Gasteiger partial charge in [0.1, 0.15) is 5.01 Å². The molecule has 1 unspecified atom stereocenters. The van der Waals surface area contributed by atoms with Crippen molar-refractivity contribution in [2.75, 3.05) is 0 Å². The molecule has 20 heavy (non-hydrogen) atoms. The van der Waals surface area contributed by atoms with Crippen LogP contribution < -0.4 is 10.4 Å². The van der Waals surface area contributed by atoms with Crippen LogP contribution in [0, 0.1) is 0 Å². The van der Waals surface area contributed by atoms with Crippen molar-refractivity contribution >= 4 is 34.0 Å². The van der Waals surface area contributed by atoms with Crippen LogP contribution in [0.2, 0.25) is 0 Å². The molecule has 0 amide bonds. The number of nitrogens with one attached hydrogen (secondary N) is 1. The first-order chi connectivity index (χ1) is 9.33. The van der Waals surface area contributed by atoms with Crippen LogP contribution in [0.25, 0.3) is 9.88 Å². The molecule has 0 aliphatic rings. The Bertz CT molecular complexity index is 620. The Labute approximate surface area is 128 Å². The molecule has 3 heterocycles. The largest absolute Gasteiger partial charge is 0.870 e. The second-order valence-corrected chi connectivity index (χ2v) is 6.68. The molecule has 0 aromatic carbocycles. The number of nitrogens with zero attached hydrogens (tertiary/aromatic N) is 1. The molecule has 3 aromatic heterocycles. The summed E-state index contributed by atoms with van der Waals surface area (Å²) < 4.78 is 0. The van der Waals surface area contributed by atoms with Gasteiger partial charge in [-0.1, -0.05) is 12.1 Å². The van der Waals surface area contributed by atoms with Crippen molar-refractivity contribution in [1.82, 2.24) is 10.3 Å². The summed E-state index contributed by atoms with van der Waals surface area (Å²) in [6, 6.07) is 7.82. The third-order valence-corrected chi connectivity index (χ3v) is 5.40. The fourth-order valence-electron chi connectivity index (χ4n) is 1.64. The molecule has 106 valence electrons. The van der Waals surface area contributed by atoms with Crippen molar-refractivity contribution in [3.63, 3.8) is 0 Å². The highest BCUT2D eigenvalue weighted by atomic mass is 32.1. The summed E-state index contributed by atoms with van der Waals surface area (Å²) in [6.45, 7) is 0.508. The Hall–Kier alpha value is -1.09. The molecule has 0 saturated carbocycles. The van der Waals surface area contributed by atoms with E-state index in [2.05, 4.69) is 16.4 Å². The first-order valence-corrected chi connectivity index (χ1v) is 8.38. The van der Waals surface area contributed by atoms with Crippen LogP contribution in [0.15, 0.2) is 40.4 Å². The Morgan fingerprint density at radius 2 is 1.95 bits per heavy atom. The molecule has 7 heteroatoms. The molecule has 3 rings (SSSR count). The molecule has 4 nitrogen and oxygen atoms in total. The summed E-state index contributed by atoms with van der Waals surface area (Å²) in [5, 5.41) is 21.8. The molecular weight excluding hydrogens is 312 g/mol. The first-order valence-electron chi connectivity index (χ1n) is 5.74. The second kappa shape index (κ2) is 7.07. The van der Waals surface area contributed by atoms with Gasteiger partial charge in [-0.25, -0.2) is 4.98 Å². The lowest BCUT2D eigenvalue weighted by Crippen LogP contribution is -2.30. The average Bonchev–Trinajstić information content (AvgIpc) is 3.14. The maximum Gasteiger partial charge on any atom is 0.133 e. The van der Waals surface area contributed by atoms with Crippen LogP contribution in [0.1, 0.15) is 16.8 Å². The predicted octanol–water partition coefficient (Wildman–Crippen LogP) is 2.91. The fourth-order valence-corrected chi connectivity index (χ4v) is 3.95. The number of hydrogen-bond acceptors (Lipinski definition) is 7. The van der Waals surface area contributed by atoms with Crippen molar-refractivity contribution in [1.29, 1.82) is 0 Å². The van der Waals surface area contributed by atoms with E-state index in [4.69, 9.17) is 0 Å². The molecular formula is C13H12N2O2S3-2. The van der Waals surface area contributed by atoms with E-state index in [0.717, 1.165) is 15.6 Å². The minimum atomic E-state index is -0.869. The maximum absolute atomic E-state index is 11.9. The normalized spacial score (nSPS) is 12.1. The molecule has 0 radical (unpaired) electrons. The summed E-state index contributed by atoms with van der Waals surface area (Å²) in [5.74, 6) is 0. The van der Waals surface area contributed by atoms with Crippen LogP contribution in [-0.4, -0.2) is 10.5 Å². The highest BCUT2D eigenvalue weighted by molar-refractivity contribution is 7.20.